The van der Waals surface area contributed by atoms with Gasteiger partial charge in [-0.1, -0.05) is 6.08 Å². The maximum absolute atomic E-state index is 10.8. The zero-order valence-corrected chi connectivity index (χ0v) is 7.36. The zero-order valence-electron chi connectivity index (χ0n) is 7.36. The quantitative estimate of drug-likeness (QED) is 0.450. The Morgan fingerprint density at radius 1 is 1.77 bits per heavy atom. The van der Waals surface area contributed by atoms with Gasteiger partial charge in [0.2, 0.25) is 0 Å². The van der Waals surface area contributed by atoms with Gasteiger partial charge in [0.15, 0.2) is 0 Å². The first-order chi connectivity index (χ1) is 6.33. The lowest BCUT2D eigenvalue weighted by molar-refractivity contribution is -0.138. The maximum Gasteiger partial charge on any atom is 0.330 e. The van der Waals surface area contributed by atoms with Gasteiger partial charge in [0.25, 0.3) is 0 Å². The van der Waals surface area contributed by atoms with Crippen LogP contribution in [0.4, 0.5) is 0 Å². The molecule has 0 spiro atoms. The molecule has 0 radical (unpaired) electrons. The van der Waals surface area contributed by atoms with Crippen LogP contribution in [0, 0.1) is 0 Å². The topological polar surface area (TPSA) is 66.0 Å². The summed E-state index contributed by atoms with van der Waals surface area (Å²) >= 11 is 0. The van der Waals surface area contributed by atoms with E-state index in [1.165, 1.54) is 6.08 Å². The molecule has 6 nitrogen and oxygen atoms in total. The molecule has 0 amide bonds. The summed E-state index contributed by atoms with van der Waals surface area (Å²) in [6, 6.07) is 0. The molecule has 0 saturated carbocycles. The normalized spacial score (nSPS) is 15.0. The highest BCUT2D eigenvalue weighted by Crippen LogP contribution is 1.85. The molecule has 6 heteroatoms. The molecule has 72 valence electrons. The van der Waals surface area contributed by atoms with Crippen molar-refractivity contribution in [3.05, 3.63) is 12.2 Å². The van der Waals surface area contributed by atoms with E-state index in [1.54, 1.807) is 24.3 Å². The fourth-order valence-electron chi connectivity index (χ4n) is 0.763. The Morgan fingerprint density at radius 2 is 2.62 bits per heavy atom. The number of nitrogens with zero attached hydrogens (tertiary/aromatic N) is 2. The molecular formula is C7H12N4O2. The van der Waals surface area contributed by atoms with Gasteiger partial charge >= 0.3 is 5.97 Å². The minimum Gasteiger partial charge on any atom is -0.461 e. The van der Waals surface area contributed by atoms with E-state index < -0.39 is 0 Å². The lowest BCUT2D eigenvalue weighted by Crippen LogP contribution is -2.39. The lowest BCUT2D eigenvalue weighted by Gasteiger charge is -2.12. The molecule has 13 heavy (non-hydrogen) atoms. The highest BCUT2D eigenvalue weighted by Gasteiger charge is 2.04. The SMILES string of the molecule is C/C=C/C(=O)OCCN1C=NNN1. The van der Waals surface area contributed by atoms with Crippen molar-refractivity contribution in [3.8, 4) is 0 Å². The number of hydrogen-bond donors (Lipinski definition) is 2. The second-order valence-corrected chi connectivity index (χ2v) is 2.33. The molecule has 0 bridgehead atoms. The predicted octanol–water partition coefficient (Wildman–Crippen LogP) is -0.626. The van der Waals surface area contributed by atoms with Gasteiger partial charge < -0.3 is 4.74 Å². The summed E-state index contributed by atoms with van der Waals surface area (Å²) in [7, 11) is 0. The number of carbonyl (C=O) groups is 1. The highest BCUT2D eigenvalue weighted by molar-refractivity contribution is 5.81. The summed E-state index contributed by atoms with van der Waals surface area (Å²) < 4.78 is 4.85. The Hall–Kier alpha value is -1.56. The van der Waals surface area contributed by atoms with E-state index in [0.717, 1.165) is 0 Å². The Morgan fingerprint density at radius 3 is 3.23 bits per heavy atom. The average Bonchev–Trinajstić information content (AvgIpc) is 2.57. The number of hydrazine groups is 2. The van der Waals surface area contributed by atoms with E-state index in [9.17, 15) is 4.79 Å². The Bertz CT molecular complexity index is 227. The molecular weight excluding hydrogens is 172 g/mol. The van der Waals surface area contributed by atoms with Crippen LogP contribution in [0.2, 0.25) is 0 Å². The van der Waals surface area contributed by atoms with E-state index in [2.05, 4.69) is 16.2 Å². The van der Waals surface area contributed by atoms with Crippen molar-refractivity contribution in [3.63, 3.8) is 0 Å². The third kappa shape index (κ3) is 3.57. The van der Waals surface area contributed by atoms with Crippen LogP contribution < -0.4 is 11.1 Å². The molecule has 1 aliphatic heterocycles. The standard InChI is InChI=1S/C7H12N4O2/c1-2-3-7(12)13-5-4-11-6-8-9-10-11/h2-3,6,9-10H,4-5H2,1H3/b3-2+. The molecule has 1 rings (SSSR count). The predicted molar refractivity (Wildman–Crippen MR) is 47.2 cm³/mol. The summed E-state index contributed by atoms with van der Waals surface area (Å²) in [6.07, 6.45) is 4.59. The van der Waals surface area contributed by atoms with Crippen LogP contribution in [0.3, 0.4) is 0 Å². The molecule has 0 aliphatic carbocycles. The van der Waals surface area contributed by atoms with Gasteiger partial charge in [-0.3, -0.25) is 5.01 Å². The van der Waals surface area contributed by atoms with Gasteiger partial charge in [-0.05, 0) is 6.92 Å². The van der Waals surface area contributed by atoms with Crippen LogP contribution in [0.1, 0.15) is 6.92 Å². The Balaban J connectivity index is 2.06. The van der Waals surface area contributed by atoms with Crippen molar-refractivity contribution in [2.75, 3.05) is 13.2 Å². The van der Waals surface area contributed by atoms with Crippen molar-refractivity contribution in [1.29, 1.82) is 0 Å². The second kappa shape index (κ2) is 5.15. The first-order valence-corrected chi connectivity index (χ1v) is 3.93. The van der Waals surface area contributed by atoms with Crippen LogP contribution >= 0.6 is 0 Å². The molecule has 0 fully saturated rings. The maximum atomic E-state index is 10.8. The summed E-state index contributed by atoms with van der Waals surface area (Å²) in [5.74, 6) is -0.327. The van der Waals surface area contributed by atoms with Crippen molar-refractivity contribution in [2.24, 2.45) is 5.10 Å². The van der Waals surface area contributed by atoms with Crippen molar-refractivity contribution in [1.82, 2.24) is 16.1 Å². The summed E-state index contributed by atoms with van der Waals surface area (Å²) in [5.41, 5.74) is 5.24. The van der Waals surface area contributed by atoms with Crippen LogP contribution in [-0.4, -0.2) is 30.5 Å². The molecule has 0 aromatic heterocycles. The molecule has 1 heterocycles. The van der Waals surface area contributed by atoms with Gasteiger partial charge in [0.05, 0.1) is 6.54 Å². The molecule has 0 aromatic rings. The molecule has 0 aromatic carbocycles. The fourth-order valence-corrected chi connectivity index (χ4v) is 0.763. The largest absolute Gasteiger partial charge is 0.461 e. The smallest absolute Gasteiger partial charge is 0.330 e. The van der Waals surface area contributed by atoms with E-state index in [4.69, 9.17) is 4.74 Å². The first-order valence-electron chi connectivity index (χ1n) is 3.93. The molecule has 0 atom stereocenters. The van der Waals surface area contributed by atoms with Crippen molar-refractivity contribution in [2.45, 2.75) is 6.92 Å². The van der Waals surface area contributed by atoms with Crippen LogP contribution in [0.5, 0.6) is 0 Å². The van der Waals surface area contributed by atoms with Crippen LogP contribution in [-0.2, 0) is 9.53 Å². The number of hydrazone groups is 1. The summed E-state index contributed by atoms with van der Waals surface area (Å²) in [4.78, 5) is 10.8. The van der Waals surface area contributed by atoms with Gasteiger partial charge in [-0.25, -0.2) is 10.3 Å². The fraction of sp³-hybridized carbons (Fsp3) is 0.429. The number of rotatable bonds is 4. The number of esters is 1. The van der Waals surface area contributed by atoms with Gasteiger partial charge in [-0.15, -0.1) is 5.53 Å². The number of nitrogens with one attached hydrogen (secondary N) is 2. The molecule has 1 aliphatic rings. The van der Waals surface area contributed by atoms with Gasteiger partial charge in [-0.2, -0.15) is 5.10 Å². The van der Waals surface area contributed by atoms with Gasteiger partial charge in [0.1, 0.15) is 12.9 Å². The van der Waals surface area contributed by atoms with E-state index in [-0.39, 0.29) is 5.97 Å². The van der Waals surface area contributed by atoms with Crippen molar-refractivity contribution >= 4 is 12.3 Å². The van der Waals surface area contributed by atoms with Gasteiger partial charge in [0, 0.05) is 6.08 Å². The van der Waals surface area contributed by atoms with Crippen LogP contribution in [0.15, 0.2) is 17.3 Å². The second-order valence-electron chi connectivity index (χ2n) is 2.33. The minimum atomic E-state index is -0.327. The lowest BCUT2D eigenvalue weighted by atomic mass is 10.5. The van der Waals surface area contributed by atoms with E-state index in [0.29, 0.717) is 13.2 Å². The number of allylic oxidation sites excluding steroid dienone is 1. The van der Waals surface area contributed by atoms with Crippen molar-refractivity contribution < 1.29 is 9.53 Å². The van der Waals surface area contributed by atoms with Crippen LogP contribution in [0.25, 0.3) is 0 Å². The van der Waals surface area contributed by atoms with E-state index in [1.807, 2.05) is 0 Å². The molecule has 0 unspecified atom stereocenters. The van der Waals surface area contributed by atoms with E-state index >= 15 is 0 Å². The number of hydrogen-bond acceptors (Lipinski definition) is 6. The molecule has 2 N–H and O–H groups in total. The molecule has 0 saturated heterocycles. The average molecular weight is 184 g/mol. The number of carbonyl (C=O) groups excluding carboxylic acids is 1. The highest BCUT2D eigenvalue weighted by atomic mass is 16.5. The Kier molecular flexibility index (Phi) is 3.77. The summed E-state index contributed by atoms with van der Waals surface area (Å²) in [5, 5.41) is 5.35. The Labute approximate surface area is 76.2 Å². The third-order valence-corrected chi connectivity index (χ3v) is 1.33. The zero-order chi connectivity index (χ0) is 9.52. The number of ether oxygens (including phenoxy) is 1. The third-order valence-electron chi connectivity index (χ3n) is 1.33. The first kappa shape index (κ1) is 9.53. The minimum absolute atomic E-state index is 0.323. The summed E-state index contributed by atoms with van der Waals surface area (Å²) in [6.45, 7) is 2.64. The monoisotopic (exact) mass is 184 g/mol.